The van der Waals surface area contributed by atoms with Gasteiger partial charge >= 0.3 is 0 Å². The molecule has 0 aliphatic carbocycles. The summed E-state index contributed by atoms with van der Waals surface area (Å²) in [7, 11) is 0. The fraction of sp³-hybridized carbons (Fsp3) is 0.0588. The quantitative estimate of drug-likeness (QED) is 0.384. The van der Waals surface area contributed by atoms with Crippen LogP contribution in [0.25, 0.3) is 11.7 Å². The van der Waals surface area contributed by atoms with Crippen LogP contribution in [0.15, 0.2) is 61.1 Å². The molecule has 6 nitrogen and oxygen atoms in total. The summed E-state index contributed by atoms with van der Waals surface area (Å²) >= 11 is 0. The average Bonchev–Trinajstić information content (AvgIpc) is 3.06. The highest BCUT2D eigenvalue weighted by molar-refractivity contribution is 5.91. The van der Waals surface area contributed by atoms with Crippen LogP contribution >= 0.6 is 0 Å². The summed E-state index contributed by atoms with van der Waals surface area (Å²) in [6, 6.07) is 11.6. The van der Waals surface area contributed by atoms with E-state index in [0.717, 1.165) is 22.5 Å². The van der Waals surface area contributed by atoms with E-state index in [2.05, 4.69) is 10.3 Å². The van der Waals surface area contributed by atoms with Crippen molar-refractivity contribution in [2.75, 3.05) is 5.32 Å². The number of rotatable bonds is 5. The first-order chi connectivity index (χ1) is 11.3. The number of hydroxylamine groups is 1. The third-order valence-electron chi connectivity index (χ3n) is 3.42. The number of pyridine rings is 1. The SMILES string of the molecule is O=C(C=Cc1ccccc1NCc1ccc2nccn2c1)NO. The molecule has 0 bridgehead atoms. The highest BCUT2D eigenvalue weighted by Gasteiger charge is 2.01. The fourth-order valence-corrected chi connectivity index (χ4v) is 2.27. The van der Waals surface area contributed by atoms with Crippen LogP contribution in [0.5, 0.6) is 0 Å². The maximum absolute atomic E-state index is 11.1. The van der Waals surface area contributed by atoms with Gasteiger partial charge in [0, 0.05) is 36.9 Å². The number of nitrogens with one attached hydrogen (secondary N) is 2. The number of benzene rings is 1. The third-order valence-corrected chi connectivity index (χ3v) is 3.42. The van der Waals surface area contributed by atoms with E-state index >= 15 is 0 Å². The topological polar surface area (TPSA) is 78.7 Å². The van der Waals surface area contributed by atoms with E-state index in [4.69, 9.17) is 5.21 Å². The van der Waals surface area contributed by atoms with E-state index in [9.17, 15) is 4.79 Å². The van der Waals surface area contributed by atoms with Gasteiger partial charge in [0.25, 0.3) is 5.91 Å². The molecule has 23 heavy (non-hydrogen) atoms. The van der Waals surface area contributed by atoms with Crippen LogP contribution in [0.2, 0.25) is 0 Å². The van der Waals surface area contributed by atoms with E-state index in [-0.39, 0.29) is 0 Å². The molecule has 3 rings (SSSR count). The number of carbonyl (C=O) groups excluding carboxylic acids is 1. The number of hydrogen-bond acceptors (Lipinski definition) is 4. The van der Waals surface area contributed by atoms with Gasteiger partial charge in [-0.05, 0) is 29.3 Å². The molecule has 1 amide bonds. The highest BCUT2D eigenvalue weighted by atomic mass is 16.5. The number of anilines is 1. The second-order valence-corrected chi connectivity index (χ2v) is 4.98. The largest absolute Gasteiger partial charge is 0.380 e. The lowest BCUT2D eigenvalue weighted by atomic mass is 10.1. The minimum absolute atomic E-state index is 0.564. The minimum atomic E-state index is -0.564. The van der Waals surface area contributed by atoms with Gasteiger partial charge < -0.3 is 9.72 Å². The molecule has 0 radical (unpaired) electrons. The molecular weight excluding hydrogens is 292 g/mol. The molecule has 6 heteroatoms. The third kappa shape index (κ3) is 3.56. The normalized spacial score (nSPS) is 11.0. The lowest BCUT2D eigenvalue weighted by Crippen LogP contribution is -2.14. The number of fused-ring (bicyclic) bond motifs is 1. The summed E-state index contributed by atoms with van der Waals surface area (Å²) in [6.07, 6.45) is 8.61. The van der Waals surface area contributed by atoms with E-state index in [1.54, 1.807) is 17.8 Å². The molecule has 0 unspecified atom stereocenters. The number of imidazole rings is 1. The standard InChI is InChI=1S/C17H16N4O2/c22-17(20-23)8-6-14-3-1-2-4-15(14)19-11-13-5-7-16-18-9-10-21(16)12-13/h1-10,12,19,23H,11H2,(H,20,22). The number of para-hydroxylation sites is 1. The Kier molecular flexibility index (Phi) is 4.35. The summed E-state index contributed by atoms with van der Waals surface area (Å²) < 4.78 is 1.97. The molecule has 0 atom stereocenters. The Morgan fingerprint density at radius 2 is 2.13 bits per heavy atom. The Morgan fingerprint density at radius 1 is 1.26 bits per heavy atom. The van der Waals surface area contributed by atoms with E-state index in [1.165, 1.54) is 6.08 Å². The monoisotopic (exact) mass is 308 g/mol. The number of amides is 1. The summed E-state index contributed by atoms with van der Waals surface area (Å²) in [5, 5.41) is 11.9. The van der Waals surface area contributed by atoms with Gasteiger partial charge in [0.05, 0.1) is 0 Å². The predicted octanol–water partition coefficient (Wildman–Crippen LogP) is 2.46. The lowest BCUT2D eigenvalue weighted by molar-refractivity contribution is -0.124. The first kappa shape index (κ1) is 14.8. The molecule has 1 aromatic carbocycles. The summed E-state index contributed by atoms with van der Waals surface area (Å²) in [5.74, 6) is -0.564. The van der Waals surface area contributed by atoms with Gasteiger partial charge in [-0.2, -0.15) is 0 Å². The number of hydrogen-bond donors (Lipinski definition) is 3. The van der Waals surface area contributed by atoms with Crippen LogP contribution in [0, 0.1) is 0 Å². The van der Waals surface area contributed by atoms with Crippen LogP contribution in [-0.4, -0.2) is 20.5 Å². The molecule has 2 aromatic heterocycles. The smallest absolute Gasteiger partial charge is 0.267 e. The van der Waals surface area contributed by atoms with Gasteiger partial charge in [-0.15, -0.1) is 0 Å². The number of carbonyl (C=O) groups is 1. The second-order valence-electron chi connectivity index (χ2n) is 4.98. The Labute approximate surface area is 133 Å². The van der Waals surface area contributed by atoms with Crippen LogP contribution in [0.1, 0.15) is 11.1 Å². The van der Waals surface area contributed by atoms with Crippen molar-refractivity contribution >= 4 is 23.3 Å². The average molecular weight is 308 g/mol. The Balaban J connectivity index is 1.74. The molecule has 0 saturated heterocycles. The van der Waals surface area contributed by atoms with Crippen molar-refractivity contribution in [2.45, 2.75) is 6.54 Å². The van der Waals surface area contributed by atoms with Gasteiger partial charge in [-0.3, -0.25) is 10.0 Å². The van der Waals surface area contributed by atoms with E-state index in [0.29, 0.717) is 6.54 Å². The first-order valence-electron chi connectivity index (χ1n) is 7.13. The van der Waals surface area contributed by atoms with E-state index in [1.807, 2.05) is 53.2 Å². The zero-order chi connectivity index (χ0) is 16.1. The van der Waals surface area contributed by atoms with Crippen molar-refractivity contribution in [1.29, 1.82) is 0 Å². The molecule has 0 fully saturated rings. The second kappa shape index (κ2) is 6.76. The zero-order valence-electron chi connectivity index (χ0n) is 12.3. The lowest BCUT2D eigenvalue weighted by Gasteiger charge is -2.10. The number of nitrogens with zero attached hydrogens (tertiary/aromatic N) is 2. The van der Waals surface area contributed by atoms with Gasteiger partial charge in [0.15, 0.2) is 0 Å². The van der Waals surface area contributed by atoms with Crippen molar-refractivity contribution in [3.05, 3.63) is 72.2 Å². The van der Waals surface area contributed by atoms with Gasteiger partial charge in [0.1, 0.15) is 5.65 Å². The van der Waals surface area contributed by atoms with Crippen LogP contribution in [0.4, 0.5) is 5.69 Å². The first-order valence-corrected chi connectivity index (χ1v) is 7.13. The molecule has 0 aliphatic heterocycles. The Morgan fingerprint density at radius 3 is 3.00 bits per heavy atom. The molecule has 0 spiro atoms. The molecule has 3 N–H and O–H groups in total. The van der Waals surface area contributed by atoms with Crippen molar-refractivity contribution in [3.63, 3.8) is 0 Å². The summed E-state index contributed by atoms with van der Waals surface area (Å²) in [4.78, 5) is 15.3. The maximum atomic E-state index is 11.1. The molecule has 0 aliphatic rings. The predicted molar refractivity (Wildman–Crippen MR) is 87.9 cm³/mol. The van der Waals surface area contributed by atoms with Crippen LogP contribution in [-0.2, 0) is 11.3 Å². The fourth-order valence-electron chi connectivity index (χ4n) is 2.27. The number of aromatic nitrogens is 2. The van der Waals surface area contributed by atoms with Crippen molar-refractivity contribution in [2.24, 2.45) is 0 Å². The molecule has 3 aromatic rings. The van der Waals surface area contributed by atoms with Crippen LogP contribution < -0.4 is 10.8 Å². The van der Waals surface area contributed by atoms with Gasteiger partial charge in [-0.1, -0.05) is 24.3 Å². The van der Waals surface area contributed by atoms with Gasteiger partial charge in [-0.25, -0.2) is 10.5 Å². The zero-order valence-corrected chi connectivity index (χ0v) is 12.3. The Bertz CT molecular complexity index is 854. The highest BCUT2D eigenvalue weighted by Crippen LogP contribution is 2.18. The maximum Gasteiger partial charge on any atom is 0.267 e. The van der Waals surface area contributed by atoms with Crippen molar-refractivity contribution in [1.82, 2.24) is 14.9 Å². The molecule has 0 saturated carbocycles. The Hall–Kier alpha value is -3.12. The van der Waals surface area contributed by atoms with Crippen molar-refractivity contribution in [3.8, 4) is 0 Å². The van der Waals surface area contributed by atoms with E-state index < -0.39 is 5.91 Å². The molecule has 116 valence electrons. The molecular formula is C17H16N4O2. The van der Waals surface area contributed by atoms with Gasteiger partial charge in [0.2, 0.25) is 0 Å². The molecule has 2 heterocycles. The van der Waals surface area contributed by atoms with Crippen molar-refractivity contribution < 1.29 is 10.0 Å². The summed E-state index contributed by atoms with van der Waals surface area (Å²) in [6.45, 7) is 0.644. The summed E-state index contributed by atoms with van der Waals surface area (Å²) in [5.41, 5.74) is 5.36. The van der Waals surface area contributed by atoms with Crippen LogP contribution in [0.3, 0.4) is 0 Å². The minimum Gasteiger partial charge on any atom is -0.380 e.